The number of anilines is 1. The van der Waals surface area contributed by atoms with E-state index in [-0.39, 0.29) is 25.0 Å². The molecule has 1 aliphatic heterocycles. The van der Waals surface area contributed by atoms with E-state index >= 15 is 0 Å². The molecule has 3 rings (SSSR count). The normalized spacial score (nSPS) is 16.3. The first-order chi connectivity index (χ1) is 15.3. The van der Waals surface area contributed by atoms with Crippen molar-refractivity contribution in [3.63, 3.8) is 0 Å². The number of aliphatic hydroxyl groups excluding tert-OH is 1. The van der Waals surface area contributed by atoms with Gasteiger partial charge in [0.15, 0.2) is 0 Å². The molecule has 1 unspecified atom stereocenters. The average Bonchev–Trinajstić information content (AvgIpc) is 2.81. The summed E-state index contributed by atoms with van der Waals surface area (Å²) in [6.07, 6.45) is 0.707. The molecule has 0 radical (unpaired) electrons. The maximum atomic E-state index is 14.3. The van der Waals surface area contributed by atoms with E-state index in [4.69, 9.17) is 14.2 Å². The Kier molecular flexibility index (Phi) is 8.06. The molecule has 0 saturated carbocycles. The van der Waals surface area contributed by atoms with Crippen molar-refractivity contribution < 1.29 is 28.5 Å². The molecule has 174 valence electrons. The Morgan fingerprint density at radius 3 is 2.56 bits per heavy atom. The Morgan fingerprint density at radius 2 is 1.94 bits per heavy atom. The highest BCUT2D eigenvalue weighted by Gasteiger charge is 2.35. The minimum absolute atomic E-state index is 0.183. The van der Waals surface area contributed by atoms with Gasteiger partial charge in [0.25, 0.3) is 0 Å². The van der Waals surface area contributed by atoms with Crippen LogP contribution in [0.3, 0.4) is 0 Å². The van der Waals surface area contributed by atoms with Crippen LogP contribution < -0.4 is 15.0 Å². The molecule has 2 amide bonds. The van der Waals surface area contributed by atoms with E-state index in [1.54, 1.807) is 33.2 Å². The highest BCUT2D eigenvalue weighted by atomic mass is 19.1. The number of hydrogen-bond donors (Lipinski definition) is 2. The first kappa shape index (κ1) is 24.0. The van der Waals surface area contributed by atoms with Gasteiger partial charge >= 0.3 is 6.03 Å². The largest absolute Gasteiger partial charge is 0.489 e. The van der Waals surface area contributed by atoms with Crippen LogP contribution in [0.25, 0.3) is 0 Å². The monoisotopic (exact) mass is 446 g/mol. The number of amides is 2. The standard InChI is InChI=1S/C24H31FN2O5/c1-17(28)15-26-23(29)27(2)21-6-4-18(5-7-21)16-32-22-13-19(12-20(25)14-22)24(30-3)8-10-31-11-9-24/h4-7,12-14,17,28H,8-11,15-16H2,1-3H3,(H,26,29). The molecule has 1 aliphatic rings. The van der Waals surface area contributed by atoms with Crippen LogP contribution in [0.5, 0.6) is 5.75 Å². The SMILES string of the molecule is COC1(c2cc(F)cc(OCc3ccc(N(C)C(=O)NCC(C)O)cc3)c2)CCOCC1. The van der Waals surface area contributed by atoms with Crippen molar-refractivity contribution in [2.24, 2.45) is 0 Å². The summed E-state index contributed by atoms with van der Waals surface area (Å²) in [5.74, 6) is 0.0576. The molecule has 0 spiro atoms. The number of aliphatic hydroxyl groups is 1. The fourth-order valence-electron chi connectivity index (χ4n) is 3.67. The third-order valence-electron chi connectivity index (χ3n) is 5.67. The lowest BCUT2D eigenvalue weighted by atomic mass is 9.86. The number of ether oxygens (including phenoxy) is 3. The number of nitrogens with one attached hydrogen (secondary N) is 1. The van der Waals surface area contributed by atoms with Gasteiger partial charge in [-0.3, -0.25) is 4.90 Å². The number of urea groups is 1. The molecule has 0 aliphatic carbocycles. The molecule has 1 atom stereocenters. The van der Waals surface area contributed by atoms with Crippen LogP contribution in [0.1, 0.15) is 30.9 Å². The summed E-state index contributed by atoms with van der Waals surface area (Å²) in [6.45, 7) is 3.18. The molecule has 7 nitrogen and oxygen atoms in total. The van der Waals surface area contributed by atoms with Gasteiger partial charge in [0.2, 0.25) is 0 Å². The van der Waals surface area contributed by atoms with Gasteiger partial charge in [-0.2, -0.15) is 0 Å². The molecule has 2 aromatic carbocycles. The molecule has 2 aromatic rings. The Labute approximate surface area is 188 Å². The van der Waals surface area contributed by atoms with Crippen molar-refractivity contribution in [1.29, 1.82) is 0 Å². The Hall–Kier alpha value is -2.68. The van der Waals surface area contributed by atoms with Gasteiger partial charge in [-0.05, 0) is 42.3 Å². The third-order valence-corrected chi connectivity index (χ3v) is 5.67. The zero-order chi connectivity index (χ0) is 23.1. The van der Waals surface area contributed by atoms with Crippen LogP contribution >= 0.6 is 0 Å². The maximum absolute atomic E-state index is 14.3. The minimum Gasteiger partial charge on any atom is -0.489 e. The fraction of sp³-hybridized carbons (Fsp3) is 0.458. The Bertz CT molecular complexity index is 898. The smallest absolute Gasteiger partial charge is 0.321 e. The lowest BCUT2D eigenvalue weighted by molar-refractivity contribution is -0.0950. The summed E-state index contributed by atoms with van der Waals surface area (Å²) in [4.78, 5) is 13.6. The van der Waals surface area contributed by atoms with Crippen LogP contribution in [0, 0.1) is 5.82 Å². The predicted octanol–water partition coefficient (Wildman–Crippen LogP) is 3.58. The average molecular weight is 447 g/mol. The molecule has 1 saturated heterocycles. The van der Waals surface area contributed by atoms with E-state index in [1.807, 2.05) is 18.2 Å². The second kappa shape index (κ2) is 10.8. The summed E-state index contributed by atoms with van der Waals surface area (Å²) < 4.78 is 31.4. The molecule has 0 aromatic heterocycles. The number of carbonyl (C=O) groups is 1. The van der Waals surface area contributed by atoms with Crippen molar-refractivity contribution in [2.45, 2.75) is 38.1 Å². The van der Waals surface area contributed by atoms with E-state index in [9.17, 15) is 14.3 Å². The topological polar surface area (TPSA) is 80.3 Å². The quantitative estimate of drug-likeness (QED) is 0.648. The second-order valence-corrected chi connectivity index (χ2v) is 8.04. The number of carbonyl (C=O) groups excluding carboxylic acids is 1. The van der Waals surface area contributed by atoms with Gasteiger partial charge in [0, 0.05) is 58.5 Å². The summed E-state index contributed by atoms with van der Waals surface area (Å²) in [5, 5.41) is 11.9. The van der Waals surface area contributed by atoms with E-state index in [2.05, 4.69) is 5.32 Å². The summed E-state index contributed by atoms with van der Waals surface area (Å²) in [7, 11) is 3.29. The molecule has 1 fully saturated rings. The van der Waals surface area contributed by atoms with Gasteiger partial charge in [-0.1, -0.05) is 12.1 Å². The summed E-state index contributed by atoms with van der Waals surface area (Å²) >= 11 is 0. The van der Waals surface area contributed by atoms with E-state index in [0.29, 0.717) is 37.5 Å². The third kappa shape index (κ3) is 5.97. The summed E-state index contributed by atoms with van der Waals surface area (Å²) in [5.41, 5.74) is 1.76. The van der Waals surface area contributed by atoms with Crippen molar-refractivity contribution >= 4 is 11.7 Å². The number of nitrogens with zero attached hydrogens (tertiary/aromatic N) is 1. The maximum Gasteiger partial charge on any atom is 0.321 e. The Morgan fingerprint density at radius 1 is 1.25 bits per heavy atom. The number of rotatable bonds is 8. The lowest BCUT2D eigenvalue weighted by Gasteiger charge is -2.36. The van der Waals surface area contributed by atoms with Gasteiger partial charge in [-0.15, -0.1) is 0 Å². The van der Waals surface area contributed by atoms with Crippen LogP contribution in [0.2, 0.25) is 0 Å². The van der Waals surface area contributed by atoms with Crippen molar-refractivity contribution in [3.8, 4) is 5.75 Å². The van der Waals surface area contributed by atoms with Gasteiger partial charge in [0.1, 0.15) is 18.2 Å². The number of benzene rings is 2. The number of hydrogen-bond acceptors (Lipinski definition) is 5. The highest BCUT2D eigenvalue weighted by Crippen LogP contribution is 2.37. The first-order valence-corrected chi connectivity index (χ1v) is 10.7. The van der Waals surface area contributed by atoms with E-state index < -0.39 is 11.7 Å². The van der Waals surface area contributed by atoms with Crippen molar-refractivity contribution in [2.75, 3.05) is 38.8 Å². The van der Waals surface area contributed by atoms with Crippen LogP contribution in [-0.2, 0) is 21.7 Å². The van der Waals surface area contributed by atoms with Gasteiger partial charge < -0.3 is 24.6 Å². The summed E-state index contributed by atoms with van der Waals surface area (Å²) in [6, 6.07) is 11.7. The van der Waals surface area contributed by atoms with E-state index in [1.165, 1.54) is 17.0 Å². The molecule has 2 N–H and O–H groups in total. The molecular formula is C24H31FN2O5. The molecular weight excluding hydrogens is 415 g/mol. The number of halogens is 1. The van der Waals surface area contributed by atoms with Gasteiger partial charge in [-0.25, -0.2) is 9.18 Å². The van der Waals surface area contributed by atoms with Crippen LogP contribution in [0.15, 0.2) is 42.5 Å². The molecule has 1 heterocycles. The Balaban J connectivity index is 1.64. The zero-order valence-corrected chi connectivity index (χ0v) is 18.8. The molecule has 8 heteroatoms. The van der Waals surface area contributed by atoms with Crippen LogP contribution in [-0.4, -0.2) is 51.2 Å². The second-order valence-electron chi connectivity index (χ2n) is 8.04. The van der Waals surface area contributed by atoms with Gasteiger partial charge in [0.05, 0.1) is 11.7 Å². The molecule has 32 heavy (non-hydrogen) atoms. The van der Waals surface area contributed by atoms with Crippen molar-refractivity contribution in [1.82, 2.24) is 5.32 Å². The number of methoxy groups -OCH3 is 1. The first-order valence-electron chi connectivity index (χ1n) is 10.7. The minimum atomic E-state index is -0.611. The van der Waals surface area contributed by atoms with E-state index in [0.717, 1.165) is 11.1 Å². The zero-order valence-electron chi connectivity index (χ0n) is 18.8. The lowest BCUT2D eigenvalue weighted by Crippen LogP contribution is -2.40. The molecule has 0 bridgehead atoms. The highest BCUT2D eigenvalue weighted by molar-refractivity contribution is 5.91. The van der Waals surface area contributed by atoms with Crippen molar-refractivity contribution in [3.05, 3.63) is 59.4 Å². The van der Waals surface area contributed by atoms with Crippen LogP contribution in [0.4, 0.5) is 14.9 Å². The fourth-order valence-corrected chi connectivity index (χ4v) is 3.67. The predicted molar refractivity (Wildman–Crippen MR) is 119 cm³/mol.